The largest absolute Gasteiger partial charge is 0.360 e. The number of nitrogens with zero attached hydrogens (tertiary/aromatic N) is 2. The van der Waals surface area contributed by atoms with Crippen LogP contribution in [0.3, 0.4) is 0 Å². The van der Waals surface area contributed by atoms with Crippen LogP contribution in [-0.4, -0.2) is 37.5 Å². The summed E-state index contributed by atoms with van der Waals surface area (Å²) in [6.07, 6.45) is 0. The van der Waals surface area contributed by atoms with Crippen LogP contribution in [0.1, 0.15) is 5.56 Å². The van der Waals surface area contributed by atoms with E-state index in [-0.39, 0.29) is 5.91 Å². The minimum Gasteiger partial charge on any atom is -0.360 e. The molecule has 2 N–H and O–H groups in total. The fourth-order valence-electron chi connectivity index (χ4n) is 1.82. The summed E-state index contributed by atoms with van der Waals surface area (Å²) in [7, 11) is 1.84. The van der Waals surface area contributed by atoms with Crippen LogP contribution in [0.2, 0.25) is 0 Å². The van der Waals surface area contributed by atoms with Gasteiger partial charge in [-0.15, -0.1) is 0 Å². The van der Waals surface area contributed by atoms with E-state index < -0.39 is 0 Å². The van der Waals surface area contributed by atoms with Crippen molar-refractivity contribution in [2.24, 2.45) is 5.73 Å². The summed E-state index contributed by atoms with van der Waals surface area (Å²) in [5, 5.41) is 0. The molecule has 0 saturated carbocycles. The Morgan fingerprint density at radius 3 is 2.50 bits per heavy atom. The lowest BCUT2D eigenvalue weighted by Gasteiger charge is -2.33. The molecular formula is C12H17N3O. The molecule has 0 spiro atoms. The third-order valence-corrected chi connectivity index (χ3v) is 2.99. The van der Waals surface area contributed by atoms with Crippen LogP contribution >= 0.6 is 0 Å². The van der Waals surface area contributed by atoms with Crippen molar-refractivity contribution in [3.05, 3.63) is 29.8 Å². The number of likely N-dealkylation sites (N-methyl/N-ethyl adjacent to an activating group) is 1. The Kier molecular flexibility index (Phi) is 3.10. The maximum Gasteiger partial charge on any atom is 0.241 e. The van der Waals surface area contributed by atoms with E-state index >= 15 is 0 Å². The fraction of sp³-hybridized carbons (Fsp3) is 0.417. The number of benzene rings is 1. The molecule has 1 aromatic carbocycles. The molecule has 1 heterocycles. The summed E-state index contributed by atoms with van der Waals surface area (Å²) < 4.78 is 0. The molecule has 16 heavy (non-hydrogen) atoms. The van der Waals surface area contributed by atoms with Gasteiger partial charge in [-0.05, 0) is 17.7 Å². The van der Waals surface area contributed by atoms with E-state index in [2.05, 4.69) is 4.90 Å². The number of piperazine rings is 1. The fourth-order valence-corrected chi connectivity index (χ4v) is 1.82. The maximum absolute atomic E-state index is 11.6. The van der Waals surface area contributed by atoms with Crippen molar-refractivity contribution in [1.82, 2.24) is 4.90 Å². The predicted molar refractivity (Wildman–Crippen MR) is 64.2 cm³/mol. The molecule has 1 saturated heterocycles. The third-order valence-electron chi connectivity index (χ3n) is 2.99. The topological polar surface area (TPSA) is 49.6 Å². The van der Waals surface area contributed by atoms with Crippen molar-refractivity contribution in [3.63, 3.8) is 0 Å². The van der Waals surface area contributed by atoms with E-state index in [9.17, 15) is 4.79 Å². The van der Waals surface area contributed by atoms with Gasteiger partial charge in [0.15, 0.2) is 0 Å². The summed E-state index contributed by atoms with van der Waals surface area (Å²) in [4.78, 5) is 15.4. The molecule has 0 radical (unpaired) electrons. The number of rotatable bonds is 2. The molecule has 0 atom stereocenters. The highest BCUT2D eigenvalue weighted by Crippen LogP contribution is 2.17. The van der Waals surface area contributed by atoms with Crippen molar-refractivity contribution >= 4 is 11.6 Å². The van der Waals surface area contributed by atoms with E-state index in [0.29, 0.717) is 13.1 Å². The molecule has 4 nitrogen and oxygen atoms in total. The third kappa shape index (κ3) is 2.17. The van der Waals surface area contributed by atoms with Crippen LogP contribution in [0, 0.1) is 0 Å². The van der Waals surface area contributed by atoms with Gasteiger partial charge in [-0.1, -0.05) is 12.1 Å². The average molecular weight is 219 g/mol. The standard InChI is InChI=1S/C12H17N3O/c1-14-6-7-15(9-12(14)16)11-4-2-10(8-13)3-5-11/h2-5H,6-9,13H2,1H3. The molecule has 1 aromatic rings. The first-order valence-corrected chi connectivity index (χ1v) is 5.48. The van der Waals surface area contributed by atoms with Gasteiger partial charge in [0.2, 0.25) is 5.91 Å². The van der Waals surface area contributed by atoms with Crippen molar-refractivity contribution in [1.29, 1.82) is 0 Å². The first-order valence-electron chi connectivity index (χ1n) is 5.48. The van der Waals surface area contributed by atoms with Crippen molar-refractivity contribution in [2.75, 3.05) is 31.6 Å². The zero-order valence-corrected chi connectivity index (χ0v) is 9.52. The summed E-state index contributed by atoms with van der Waals surface area (Å²) in [5.41, 5.74) is 7.76. The minimum absolute atomic E-state index is 0.175. The number of nitrogens with two attached hydrogens (primary N) is 1. The molecule has 4 heteroatoms. The SMILES string of the molecule is CN1CCN(c2ccc(CN)cc2)CC1=O. The van der Waals surface area contributed by atoms with Gasteiger partial charge in [0, 0.05) is 32.4 Å². The Morgan fingerprint density at radius 2 is 1.94 bits per heavy atom. The summed E-state index contributed by atoms with van der Waals surface area (Å²) >= 11 is 0. The number of anilines is 1. The van der Waals surface area contributed by atoms with E-state index in [4.69, 9.17) is 5.73 Å². The van der Waals surface area contributed by atoms with Gasteiger partial charge in [-0.3, -0.25) is 4.79 Å². The molecular weight excluding hydrogens is 202 g/mol. The quantitative estimate of drug-likeness (QED) is 0.784. The zero-order valence-electron chi connectivity index (χ0n) is 9.52. The molecule has 0 unspecified atom stereocenters. The second kappa shape index (κ2) is 4.53. The van der Waals surface area contributed by atoms with Crippen LogP contribution in [0.25, 0.3) is 0 Å². The summed E-state index contributed by atoms with van der Waals surface area (Å²) in [5.74, 6) is 0.175. The van der Waals surface area contributed by atoms with E-state index in [1.54, 1.807) is 4.90 Å². The van der Waals surface area contributed by atoms with Crippen LogP contribution < -0.4 is 10.6 Å². The molecule has 1 fully saturated rings. The summed E-state index contributed by atoms with van der Waals surface area (Å²) in [6, 6.07) is 8.08. The number of amides is 1. The minimum atomic E-state index is 0.175. The highest BCUT2D eigenvalue weighted by atomic mass is 16.2. The normalized spacial score (nSPS) is 16.8. The molecule has 1 aliphatic heterocycles. The van der Waals surface area contributed by atoms with Gasteiger partial charge < -0.3 is 15.5 Å². The number of hydrogen-bond donors (Lipinski definition) is 1. The van der Waals surface area contributed by atoms with Crippen LogP contribution in [0.5, 0.6) is 0 Å². The lowest BCUT2D eigenvalue weighted by molar-refractivity contribution is -0.129. The molecule has 0 bridgehead atoms. The number of hydrogen-bond acceptors (Lipinski definition) is 3. The number of carbonyl (C=O) groups excluding carboxylic acids is 1. The first kappa shape index (κ1) is 11.0. The predicted octanol–water partition coefficient (Wildman–Crippen LogP) is 0.424. The number of carbonyl (C=O) groups is 1. The highest BCUT2D eigenvalue weighted by molar-refractivity contribution is 5.82. The first-order chi connectivity index (χ1) is 7.70. The second-order valence-electron chi connectivity index (χ2n) is 4.11. The Labute approximate surface area is 95.6 Å². The maximum atomic E-state index is 11.6. The van der Waals surface area contributed by atoms with Crippen LogP contribution in [0.4, 0.5) is 5.69 Å². The molecule has 0 aliphatic carbocycles. The van der Waals surface area contributed by atoms with E-state index in [1.807, 2.05) is 31.3 Å². The molecule has 1 aliphatic rings. The van der Waals surface area contributed by atoms with Gasteiger partial charge in [-0.2, -0.15) is 0 Å². The Morgan fingerprint density at radius 1 is 1.25 bits per heavy atom. The lowest BCUT2D eigenvalue weighted by Crippen LogP contribution is -2.48. The van der Waals surface area contributed by atoms with E-state index in [0.717, 1.165) is 24.3 Å². The van der Waals surface area contributed by atoms with Crippen molar-refractivity contribution in [2.45, 2.75) is 6.54 Å². The second-order valence-corrected chi connectivity index (χ2v) is 4.11. The average Bonchev–Trinajstić information content (AvgIpc) is 2.33. The van der Waals surface area contributed by atoms with Gasteiger partial charge in [-0.25, -0.2) is 0 Å². The Bertz CT molecular complexity index is 374. The summed E-state index contributed by atoms with van der Waals surface area (Å²) in [6.45, 7) is 2.71. The van der Waals surface area contributed by atoms with E-state index in [1.165, 1.54) is 0 Å². The Balaban J connectivity index is 2.09. The van der Waals surface area contributed by atoms with Crippen LogP contribution in [-0.2, 0) is 11.3 Å². The molecule has 86 valence electrons. The van der Waals surface area contributed by atoms with Gasteiger partial charge in [0.25, 0.3) is 0 Å². The molecule has 0 aromatic heterocycles. The van der Waals surface area contributed by atoms with Gasteiger partial charge in [0.1, 0.15) is 0 Å². The smallest absolute Gasteiger partial charge is 0.241 e. The Hall–Kier alpha value is -1.55. The van der Waals surface area contributed by atoms with Crippen molar-refractivity contribution in [3.8, 4) is 0 Å². The zero-order chi connectivity index (χ0) is 11.5. The molecule has 2 rings (SSSR count). The molecule has 1 amide bonds. The lowest BCUT2D eigenvalue weighted by atomic mass is 10.2. The van der Waals surface area contributed by atoms with Gasteiger partial charge in [0.05, 0.1) is 6.54 Å². The highest BCUT2D eigenvalue weighted by Gasteiger charge is 2.20. The van der Waals surface area contributed by atoms with Crippen molar-refractivity contribution < 1.29 is 4.79 Å². The van der Waals surface area contributed by atoms with Gasteiger partial charge >= 0.3 is 0 Å². The monoisotopic (exact) mass is 219 g/mol. The van der Waals surface area contributed by atoms with Crippen LogP contribution in [0.15, 0.2) is 24.3 Å².